The maximum Gasteiger partial charge on any atom is 0.160 e. The number of carbonyl (C=O) groups excluding carboxylic acids is 1. The van der Waals surface area contributed by atoms with Crippen molar-refractivity contribution < 1.29 is 4.79 Å². The highest BCUT2D eigenvalue weighted by molar-refractivity contribution is 5.87. The van der Waals surface area contributed by atoms with Crippen LogP contribution in [0.5, 0.6) is 0 Å². The Labute approximate surface area is 177 Å². The summed E-state index contributed by atoms with van der Waals surface area (Å²) >= 11 is 0. The molecule has 0 unspecified atom stereocenters. The molecule has 1 aromatic carbocycles. The highest BCUT2D eigenvalue weighted by atomic mass is 16.1. The molecule has 160 valence electrons. The van der Waals surface area contributed by atoms with E-state index in [4.69, 9.17) is 5.73 Å². The van der Waals surface area contributed by atoms with Gasteiger partial charge in [-0.3, -0.25) is 4.79 Å². The number of nitrogens with zero attached hydrogens (tertiary/aromatic N) is 3. The number of nitrogens with two attached hydrogens (primary N) is 1. The van der Waals surface area contributed by atoms with Gasteiger partial charge in [0, 0.05) is 29.4 Å². The zero-order valence-electron chi connectivity index (χ0n) is 17.8. The van der Waals surface area contributed by atoms with E-state index in [1.54, 1.807) is 4.68 Å². The van der Waals surface area contributed by atoms with Crippen LogP contribution in [0.2, 0.25) is 0 Å². The fourth-order valence-electron chi connectivity index (χ4n) is 4.45. The molecule has 0 bridgehead atoms. The van der Waals surface area contributed by atoms with E-state index in [1.807, 2.05) is 24.5 Å². The monoisotopic (exact) mass is 408 g/mol. The molecule has 1 saturated heterocycles. The molecule has 30 heavy (non-hydrogen) atoms. The van der Waals surface area contributed by atoms with Gasteiger partial charge in [0.1, 0.15) is 6.04 Å². The van der Waals surface area contributed by atoms with E-state index in [9.17, 15) is 4.79 Å². The molecule has 0 spiro atoms. The number of nitrogens with one attached hydrogen (secondary N) is 2. The zero-order valence-corrected chi connectivity index (χ0v) is 17.8. The molecule has 1 aliphatic rings. The van der Waals surface area contributed by atoms with E-state index >= 15 is 0 Å². The van der Waals surface area contributed by atoms with Gasteiger partial charge in [0.05, 0.1) is 17.9 Å². The Morgan fingerprint density at radius 1 is 1.27 bits per heavy atom. The molecular formula is C23H32N6O. The largest absolute Gasteiger partial charge is 0.361 e. The summed E-state index contributed by atoms with van der Waals surface area (Å²) in [6.07, 6.45) is 7.07. The molecule has 1 aliphatic heterocycles. The van der Waals surface area contributed by atoms with E-state index < -0.39 is 0 Å². The summed E-state index contributed by atoms with van der Waals surface area (Å²) in [6.45, 7) is 6.06. The Hall–Kier alpha value is -2.51. The number of piperidine rings is 1. The quantitative estimate of drug-likeness (QED) is 0.531. The maximum absolute atomic E-state index is 13.6. The van der Waals surface area contributed by atoms with Gasteiger partial charge in [-0.15, -0.1) is 5.10 Å². The summed E-state index contributed by atoms with van der Waals surface area (Å²) in [5, 5.41) is 13.2. The Morgan fingerprint density at radius 3 is 2.80 bits per heavy atom. The van der Waals surface area contributed by atoms with Crippen LogP contribution in [0.25, 0.3) is 10.9 Å². The van der Waals surface area contributed by atoms with Crippen molar-refractivity contribution >= 4 is 16.7 Å². The number of para-hydroxylation sites is 1. The molecule has 3 aromatic rings. The zero-order chi connectivity index (χ0) is 21.1. The third-order valence-corrected chi connectivity index (χ3v) is 6.11. The molecule has 7 heteroatoms. The summed E-state index contributed by atoms with van der Waals surface area (Å²) in [5.74, 6) is 0.776. The molecule has 0 radical (unpaired) electrons. The van der Waals surface area contributed by atoms with Crippen molar-refractivity contribution in [3.8, 4) is 0 Å². The maximum atomic E-state index is 13.6. The SMILES string of the molecule is CC(C)C[C@H](N)c1cn([C@@H](Cc2c[nH]c3ccccc23)C(=O)C2CCNCC2)nn1. The number of aromatic nitrogens is 4. The van der Waals surface area contributed by atoms with Gasteiger partial charge in [-0.2, -0.15) is 0 Å². The molecule has 2 aromatic heterocycles. The summed E-state index contributed by atoms with van der Waals surface area (Å²) in [4.78, 5) is 16.9. The lowest BCUT2D eigenvalue weighted by molar-refractivity contribution is -0.127. The topological polar surface area (TPSA) is 102 Å². The molecule has 4 N–H and O–H groups in total. The minimum atomic E-state index is -0.375. The van der Waals surface area contributed by atoms with Gasteiger partial charge >= 0.3 is 0 Å². The first-order valence-corrected chi connectivity index (χ1v) is 11.0. The van der Waals surface area contributed by atoms with Crippen molar-refractivity contribution in [3.63, 3.8) is 0 Å². The van der Waals surface area contributed by atoms with Crippen LogP contribution in [-0.4, -0.2) is 38.9 Å². The second kappa shape index (κ2) is 9.10. The minimum absolute atomic E-state index is 0.0541. The average Bonchev–Trinajstić information content (AvgIpc) is 3.39. The van der Waals surface area contributed by atoms with Crippen molar-refractivity contribution in [3.05, 3.63) is 47.9 Å². The van der Waals surface area contributed by atoms with E-state index in [2.05, 4.69) is 46.6 Å². The first-order chi connectivity index (χ1) is 14.5. The van der Waals surface area contributed by atoms with Crippen molar-refractivity contribution in [1.82, 2.24) is 25.3 Å². The molecule has 0 aliphatic carbocycles. The third-order valence-electron chi connectivity index (χ3n) is 6.11. The van der Waals surface area contributed by atoms with Crippen LogP contribution in [0.4, 0.5) is 0 Å². The first kappa shape index (κ1) is 20.8. The highest BCUT2D eigenvalue weighted by Crippen LogP contribution is 2.28. The minimum Gasteiger partial charge on any atom is -0.361 e. The second-order valence-corrected chi connectivity index (χ2v) is 8.87. The van der Waals surface area contributed by atoms with Gasteiger partial charge in [0.15, 0.2) is 5.78 Å². The Kier molecular flexibility index (Phi) is 6.29. The number of ketones is 1. The van der Waals surface area contributed by atoms with E-state index in [1.165, 1.54) is 0 Å². The van der Waals surface area contributed by atoms with Crippen LogP contribution >= 0.6 is 0 Å². The number of aromatic amines is 1. The Morgan fingerprint density at radius 2 is 2.03 bits per heavy atom. The van der Waals surface area contributed by atoms with Crippen molar-refractivity contribution in [1.29, 1.82) is 0 Å². The molecule has 4 rings (SSSR count). The van der Waals surface area contributed by atoms with Gasteiger partial charge in [-0.25, -0.2) is 4.68 Å². The summed E-state index contributed by atoms with van der Waals surface area (Å²) < 4.78 is 1.75. The molecule has 0 amide bonds. The molecule has 7 nitrogen and oxygen atoms in total. The van der Waals surface area contributed by atoms with E-state index in [-0.39, 0.29) is 23.8 Å². The van der Waals surface area contributed by atoms with E-state index in [0.717, 1.165) is 54.5 Å². The second-order valence-electron chi connectivity index (χ2n) is 8.87. The number of benzene rings is 1. The smallest absolute Gasteiger partial charge is 0.160 e. The van der Waals surface area contributed by atoms with E-state index in [0.29, 0.717) is 12.3 Å². The van der Waals surface area contributed by atoms with Crippen LogP contribution in [0.3, 0.4) is 0 Å². The number of hydrogen-bond acceptors (Lipinski definition) is 5. The fourth-order valence-corrected chi connectivity index (χ4v) is 4.45. The molecule has 0 saturated carbocycles. The Bertz CT molecular complexity index is 984. The average molecular weight is 409 g/mol. The number of rotatable bonds is 8. The number of Topliss-reactive ketones (excluding diaryl/α,β-unsaturated/α-hetero) is 1. The predicted octanol–water partition coefficient (Wildman–Crippen LogP) is 3.16. The van der Waals surface area contributed by atoms with Crippen LogP contribution in [0.15, 0.2) is 36.7 Å². The van der Waals surface area contributed by atoms with Crippen LogP contribution in [0.1, 0.15) is 56.5 Å². The molecule has 3 heterocycles. The van der Waals surface area contributed by atoms with Crippen molar-refractivity contribution in [2.24, 2.45) is 17.6 Å². The van der Waals surface area contributed by atoms with Gasteiger partial charge < -0.3 is 16.0 Å². The number of H-pyrrole nitrogens is 1. The third kappa shape index (κ3) is 4.47. The van der Waals surface area contributed by atoms with Crippen molar-refractivity contribution in [2.45, 2.75) is 51.6 Å². The lowest BCUT2D eigenvalue weighted by atomic mass is 9.87. The van der Waals surface area contributed by atoms with Gasteiger partial charge in [0.2, 0.25) is 0 Å². The summed E-state index contributed by atoms with van der Waals surface area (Å²) in [5.41, 5.74) is 9.29. The van der Waals surface area contributed by atoms with Gasteiger partial charge in [-0.05, 0) is 49.9 Å². The highest BCUT2D eigenvalue weighted by Gasteiger charge is 2.31. The van der Waals surface area contributed by atoms with Crippen LogP contribution in [0, 0.1) is 11.8 Å². The molecular weight excluding hydrogens is 376 g/mol. The van der Waals surface area contributed by atoms with Gasteiger partial charge in [-0.1, -0.05) is 37.3 Å². The number of carbonyl (C=O) groups is 1. The lowest BCUT2D eigenvalue weighted by Crippen LogP contribution is -2.36. The van der Waals surface area contributed by atoms with Crippen LogP contribution in [-0.2, 0) is 11.2 Å². The Balaban J connectivity index is 1.63. The number of hydrogen-bond donors (Lipinski definition) is 3. The number of fused-ring (bicyclic) bond motifs is 1. The summed E-state index contributed by atoms with van der Waals surface area (Å²) in [7, 11) is 0. The first-order valence-electron chi connectivity index (χ1n) is 11.0. The van der Waals surface area contributed by atoms with Crippen molar-refractivity contribution in [2.75, 3.05) is 13.1 Å². The van der Waals surface area contributed by atoms with Crippen LogP contribution < -0.4 is 11.1 Å². The van der Waals surface area contributed by atoms with Gasteiger partial charge in [0.25, 0.3) is 0 Å². The summed E-state index contributed by atoms with van der Waals surface area (Å²) in [6, 6.07) is 7.66. The fraction of sp³-hybridized carbons (Fsp3) is 0.522. The normalized spacial score (nSPS) is 17.5. The molecule has 2 atom stereocenters. The standard InChI is InChI=1S/C23H32N6O/c1-15(2)11-19(24)21-14-29(28-27-21)22(23(30)16-7-9-25-10-8-16)12-17-13-26-20-6-4-3-5-18(17)20/h3-6,13-16,19,22,25-26H,7-12,24H2,1-2H3/t19-,22-/m0/s1. The predicted molar refractivity (Wildman–Crippen MR) is 118 cm³/mol. The lowest BCUT2D eigenvalue weighted by Gasteiger charge is -2.26. The molecule has 1 fully saturated rings.